The number of esters is 1. The van der Waals surface area contributed by atoms with Crippen LogP contribution in [0.5, 0.6) is 0 Å². The predicted octanol–water partition coefficient (Wildman–Crippen LogP) is -0.0551. The molecule has 0 unspecified atom stereocenters. The van der Waals surface area contributed by atoms with Gasteiger partial charge in [-0.15, -0.1) is 0 Å². The molecule has 0 aromatic carbocycles. The normalized spacial score (nSPS) is 20.1. The first-order chi connectivity index (χ1) is 8.13. The zero-order chi connectivity index (χ0) is 12.7. The molecule has 0 aromatic rings. The fourth-order valence-electron chi connectivity index (χ4n) is 1.47. The molecule has 0 aliphatic carbocycles. The maximum absolute atomic E-state index is 11.0. The lowest BCUT2D eigenvalue weighted by Gasteiger charge is -2.30. The van der Waals surface area contributed by atoms with Crippen LogP contribution in [0.15, 0.2) is 0 Å². The molecule has 0 radical (unpaired) electrons. The summed E-state index contributed by atoms with van der Waals surface area (Å²) in [5, 5.41) is 8.80. The van der Waals surface area contributed by atoms with Gasteiger partial charge in [-0.2, -0.15) is 0 Å². The van der Waals surface area contributed by atoms with Crippen molar-refractivity contribution in [3.05, 3.63) is 0 Å². The summed E-state index contributed by atoms with van der Waals surface area (Å²) in [6.07, 6.45) is -1.29. The monoisotopic (exact) mass is 247 g/mol. The molecule has 0 saturated carbocycles. The van der Waals surface area contributed by atoms with Crippen molar-refractivity contribution in [2.45, 2.75) is 13.0 Å². The van der Waals surface area contributed by atoms with Gasteiger partial charge in [0, 0.05) is 6.54 Å². The van der Waals surface area contributed by atoms with Crippen molar-refractivity contribution in [1.29, 1.82) is 0 Å². The van der Waals surface area contributed by atoms with Gasteiger partial charge in [0.05, 0.1) is 32.5 Å². The molecular formula is C10H17NO6. The second-order valence-electron chi connectivity index (χ2n) is 3.54. The first kappa shape index (κ1) is 13.7. The number of hydrogen-bond donors (Lipinski definition) is 1. The summed E-state index contributed by atoms with van der Waals surface area (Å²) in [4.78, 5) is 23.0. The van der Waals surface area contributed by atoms with Crippen LogP contribution in [0.1, 0.15) is 6.92 Å². The molecule has 1 N–H and O–H groups in total. The van der Waals surface area contributed by atoms with Gasteiger partial charge in [0.25, 0.3) is 0 Å². The Hall–Kier alpha value is -1.34. The Labute approximate surface area is 99.2 Å². The number of nitrogens with zero attached hydrogens (tertiary/aromatic N) is 1. The second-order valence-corrected chi connectivity index (χ2v) is 3.54. The molecule has 7 nitrogen and oxygen atoms in total. The van der Waals surface area contributed by atoms with Gasteiger partial charge in [0.15, 0.2) is 0 Å². The molecule has 7 heteroatoms. The van der Waals surface area contributed by atoms with E-state index in [0.717, 1.165) is 0 Å². The average Bonchev–Trinajstić information content (AvgIpc) is 2.30. The molecule has 1 saturated heterocycles. The van der Waals surface area contributed by atoms with Crippen molar-refractivity contribution in [2.24, 2.45) is 0 Å². The van der Waals surface area contributed by atoms with Gasteiger partial charge in [0.1, 0.15) is 6.61 Å². The second kappa shape index (κ2) is 7.08. The van der Waals surface area contributed by atoms with Crippen LogP contribution in [0.3, 0.4) is 0 Å². The summed E-state index contributed by atoms with van der Waals surface area (Å²) in [6.45, 7) is 3.05. The van der Waals surface area contributed by atoms with Crippen LogP contribution in [0.25, 0.3) is 0 Å². The van der Waals surface area contributed by atoms with Crippen molar-refractivity contribution in [3.63, 3.8) is 0 Å². The lowest BCUT2D eigenvalue weighted by molar-refractivity contribution is -0.150. The van der Waals surface area contributed by atoms with Gasteiger partial charge in [-0.05, 0) is 6.92 Å². The van der Waals surface area contributed by atoms with Crippen molar-refractivity contribution in [3.8, 4) is 0 Å². The minimum absolute atomic E-state index is 0.138. The molecule has 98 valence electrons. The molecule has 0 aromatic heterocycles. The molecule has 1 amide bonds. The van der Waals surface area contributed by atoms with Crippen LogP contribution < -0.4 is 0 Å². The third-order valence-electron chi connectivity index (χ3n) is 2.24. The number of carbonyl (C=O) groups is 2. The Balaban J connectivity index is 2.18. The van der Waals surface area contributed by atoms with Crippen molar-refractivity contribution >= 4 is 12.1 Å². The van der Waals surface area contributed by atoms with E-state index in [0.29, 0.717) is 19.8 Å². The first-order valence-electron chi connectivity index (χ1n) is 5.46. The van der Waals surface area contributed by atoms with Crippen LogP contribution in [0.2, 0.25) is 0 Å². The van der Waals surface area contributed by atoms with Gasteiger partial charge in [-0.25, -0.2) is 9.59 Å². The van der Waals surface area contributed by atoms with E-state index in [-0.39, 0.29) is 25.9 Å². The zero-order valence-corrected chi connectivity index (χ0v) is 9.76. The van der Waals surface area contributed by atoms with Crippen LogP contribution in [-0.2, 0) is 19.0 Å². The standard InChI is InChI=1S/C10H17NO6/c1-2-16-9(12)7-15-6-8-5-11(10(13)14)3-4-17-8/h8H,2-7H2,1H3,(H,13,14)/t8-/m1/s1. The van der Waals surface area contributed by atoms with Gasteiger partial charge in [-0.1, -0.05) is 0 Å². The van der Waals surface area contributed by atoms with E-state index in [1.54, 1.807) is 6.92 Å². The zero-order valence-electron chi connectivity index (χ0n) is 9.76. The Morgan fingerprint density at radius 1 is 1.53 bits per heavy atom. The summed E-state index contributed by atoms with van der Waals surface area (Å²) in [6, 6.07) is 0. The number of amides is 1. The van der Waals surface area contributed by atoms with Crippen LogP contribution in [-0.4, -0.2) is 67.7 Å². The third kappa shape index (κ3) is 5.01. The lowest BCUT2D eigenvalue weighted by atomic mass is 10.3. The van der Waals surface area contributed by atoms with Crippen molar-refractivity contribution < 1.29 is 28.9 Å². The summed E-state index contributed by atoms with van der Waals surface area (Å²) in [5.41, 5.74) is 0. The third-order valence-corrected chi connectivity index (χ3v) is 2.24. The maximum Gasteiger partial charge on any atom is 0.407 e. The molecule has 0 bridgehead atoms. The van der Waals surface area contributed by atoms with E-state index < -0.39 is 12.1 Å². The molecule has 1 heterocycles. The maximum atomic E-state index is 11.0. The van der Waals surface area contributed by atoms with E-state index in [9.17, 15) is 9.59 Å². The Morgan fingerprint density at radius 3 is 2.94 bits per heavy atom. The average molecular weight is 247 g/mol. The number of carboxylic acid groups (broad SMARTS) is 1. The number of morpholine rings is 1. The van der Waals surface area contributed by atoms with E-state index in [4.69, 9.17) is 14.6 Å². The lowest BCUT2D eigenvalue weighted by Crippen LogP contribution is -2.46. The molecule has 1 fully saturated rings. The molecule has 1 rings (SSSR count). The van der Waals surface area contributed by atoms with Gasteiger partial charge >= 0.3 is 12.1 Å². The number of ether oxygens (including phenoxy) is 3. The molecular weight excluding hydrogens is 230 g/mol. The fourth-order valence-corrected chi connectivity index (χ4v) is 1.47. The summed E-state index contributed by atoms with van der Waals surface area (Å²) in [7, 11) is 0. The number of hydrogen-bond acceptors (Lipinski definition) is 5. The van der Waals surface area contributed by atoms with E-state index >= 15 is 0 Å². The van der Waals surface area contributed by atoms with Gasteiger partial charge in [0.2, 0.25) is 0 Å². The van der Waals surface area contributed by atoms with Crippen LogP contribution in [0, 0.1) is 0 Å². The van der Waals surface area contributed by atoms with E-state index in [1.807, 2.05) is 0 Å². The van der Waals surface area contributed by atoms with Gasteiger partial charge in [-0.3, -0.25) is 0 Å². The molecule has 17 heavy (non-hydrogen) atoms. The predicted molar refractivity (Wildman–Crippen MR) is 56.8 cm³/mol. The highest BCUT2D eigenvalue weighted by Gasteiger charge is 2.24. The van der Waals surface area contributed by atoms with E-state index in [2.05, 4.69) is 4.74 Å². The highest BCUT2D eigenvalue weighted by molar-refractivity contribution is 5.70. The summed E-state index contributed by atoms with van der Waals surface area (Å²) < 4.78 is 15.1. The first-order valence-corrected chi connectivity index (χ1v) is 5.46. The van der Waals surface area contributed by atoms with Crippen molar-refractivity contribution in [1.82, 2.24) is 4.90 Å². The molecule has 1 aliphatic heterocycles. The Morgan fingerprint density at radius 2 is 2.29 bits per heavy atom. The largest absolute Gasteiger partial charge is 0.465 e. The minimum Gasteiger partial charge on any atom is -0.465 e. The number of carbonyl (C=O) groups excluding carboxylic acids is 1. The number of rotatable bonds is 5. The Kier molecular flexibility index (Phi) is 5.71. The van der Waals surface area contributed by atoms with Crippen LogP contribution >= 0.6 is 0 Å². The van der Waals surface area contributed by atoms with Gasteiger partial charge < -0.3 is 24.2 Å². The summed E-state index contributed by atoms with van der Waals surface area (Å²) in [5.74, 6) is -0.432. The fraction of sp³-hybridized carbons (Fsp3) is 0.800. The van der Waals surface area contributed by atoms with Crippen molar-refractivity contribution in [2.75, 3.05) is 39.5 Å². The van der Waals surface area contributed by atoms with E-state index in [1.165, 1.54) is 4.90 Å². The highest BCUT2D eigenvalue weighted by Crippen LogP contribution is 2.05. The molecule has 1 aliphatic rings. The topological polar surface area (TPSA) is 85.3 Å². The highest BCUT2D eigenvalue weighted by atomic mass is 16.6. The molecule has 1 atom stereocenters. The molecule has 0 spiro atoms. The summed E-state index contributed by atoms with van der Waals surface area (Å²) >= 11 is 0. The SMILES string of the molecule is CCOC(=O)COC[C@H]1CN(C(=O)O)CCO1. The minimum atomic E-state index is -0.969. The smallest absolute Gasteiger partial charge is 0.407 e. The quantitative estimate of drug-likeness (QED) is 0.685. The van der Waals surface area contributed by atoms with Crippen LogP contribution in [0.4, 0.5) is 4.79 Å². The Bertz CT molecular complexity index is 270.